The van der Waals surface area contributed by atoms with Crippen molar-refractivity contribution in [3.63, 3.8) is 0 Å². The van der Waals surface area contributed by atoms with Crippen LogP contribution in [-0.2, 0) is 11.3 Å². The lowest BCUT2D eigenvalue weighted by Gasteiger charge is -2.03. The molecule has 80 valence electrons. The molecular weight excluding hydrogens is 196 g/mol. The van der Waals surface area contributed by atoms with E-state index in [0.29, 0.717) is 0 Å². The number of nitrogens with zero attached hydrogens (tertiary/aromatic N) is 1. The number of rotatable bonds is 8. The normalized spacial score (nSPS) is 10.6. The Balaban J connectivity index is 1.85. The summed E-state index contributed by atoms with van der Waals surface area (Å²) in [5.74, 6) is 0. The van der Waals surface area contributed by atoms with Crippen molar-refractivity contribution in [2.45, 2.75) is 26.3 Å². The summed E-state index contributed by atoms with van der Waals surface area (Å²) in [6.07, 6.45) is 2.18. The van der Waals surface area contributed by atoms with Gasteiger partial charge in [-0.05, 0) is 19.4 Å². The highest BCUT2D eigenvalue weighted by molar-refractivity contribution is 7.07. The molecule has 0 aliphatic carbocycles. The monoisotopic (exact) mass is 214 g/mol. The molecule has 0 aliphatic rings. The number of thiazole rings is 1. The molecule has 3 nitrogen and oxygen atoms in total. The second kappa shape index (κ2) is 7.91. The molecule has 0 radical (unpaired) electrons. The van der Waals surface area contributed by atoms with Gasteiger partial charge in [-0.2, -0.15) is 0 Å². The Morgan fingerprint density at radius 1 is 1.50 bits per heavy atom. The van der Waals surface area contributed by atoms with E-state index in [0.717, 1.165) is 44.8 Å². The summed E-state index contributed by atoms with van der Waals surface area (Å²) in [6.45, 7) is 5.74. The topological polar surface area (TPSA) is 34.1 Å². The Labute approximate surface area is 89.5 Å². The molecule has 1 aromatic rings. The van der Waals surface area contributed by atoms with E-state index in [-0.39, 0.29) is 0 Å². The van der Waals surface area contributed by atoms with Gasteiger partial charge in [0.25, 0.3) is 0 Å². The van der Waals surface area contributed by atoms with E-state index in [2.05, 4.69) is 22.6 Å². The first-order chi connectivity index (χ1) is 6.93. The maximum absolute atomic E-state index is 5.37. The smallest absolute Gasteiger partial charge is 0.0795 e. The predicted octanol–water partition coefficient (Wildman–Crippen LogP) is 2.05. The van der Waals surface area contributed by atoms with Gasteiger partial charge in [0, 0.05) is 25.1 Å². The maximum Gasteiger partial charge on any atom is 0.0795 e. The van der Waals surface area contributed by atoms with Gasteiger partial charge in [-0.1, -0.05) is 6.92 Å². The molecule has 0 aromatic carbocycles. The van der Waals surface area contributed by atoms with E-state index < -0.39 is 0 Å². The fraction of sp³-hybridized carbons (Fsp3) is 0.700. The standard InChI is InChI=1S/C10H18N2OS/c1-2-5-13-6-3-4-11-7-10-8-14-9-12-10/h8-9,11H,2-7H2,1H3. The molecule has 0 saturated carbocycles. The second-order valence-corrected chi connectivity index (χ2v) is 3.84. The van der Waals surface area contributed by atoms with Crippen molar-refractivity contribution in [3.05, 3.63) is 16.6 Å². The summed E-state index contributed by atoms with van der Waals surface area (Å²) >= 11 is 1.64. The molecule has 1 N–H and O–H groups in total. The zero-order valence-corrected chi connectivity index (χ0v) is 9.48. The molecule has 0 unspecified atom stereocenters. The van der Waals surface area contributed by atoms with Gasteiger partial charge in [-0.25, -0.2) is 4.98 Å². The average Bonchev–Trinajstić information content (AvgIpc) is 2.69. The van der Waals surface area contributed by atoms with Crippen LogP contribution in [0.15, 0.2) is 10.9 Å². The SMILES string of the molecule is CCCOCCCNCc1cscn1. The van der Waals surface area contributed by atoms with Crippen LogP contribution in [0.1, 0.15) is 25.5 Å². The minimum Gasteiger partial charge on any atom is -0.381 e. The highest BCUT2D eigenvalue weighted by Gasteiger charge is 1.93. The lowest BCUT2D eigenvalue weighted by atomic mass is 10.4. The summed E-state index contributed by atoms with van der Waals surface area (Å²) in [7, 11) is 0. The van der Waals surface area contributed by atoms with Crippen molar-refractivity contribution >= 4 is 11.3 Å². The van der Waals surface area contributed by atoms with Crippen LogP contribution in [0.3, 0.4) is 0 Å². The first-order valence-electron chi connectivity index (χ1n) is 5.09. The summed E-state index contributed by atoms with van der Waals surface area (Å²) < 4.78 is 5.37. The molecule has 0 saturated heterocycles. The molecule has 4 heteroatoms. The fourth-order valence-electron chi connectivity index (χ4n) is 1.09. The van der Waals surface area contributed by atoms with Crippen molar-refractivity contribution in [3.8, 4) is 0 Å². The average molecular weight is 214 g/mol. The van der Waals surface area contributed by atoms with E-state index in [1.807, 2.05) is 5.51 Å². The molecule has 0 aliphatic heterocycles. The molecular formula is C10H18N2OS. The molecule has 1 aromatic heterocycles. The van der Waals surface area contributed by atoms with E-state index in [4.69, 9.17) is 4.74 Å². The first-order valence-corrected chi connectivity index (χ1v) is 6.03. The van der Waals surface area contributed by atoms with Crippen molar-refractivity contribution in [1.29, 1.82) is 0 Å². The molecule has 0 spiro atoms. The van der Waals surface area contributed by atoms with Crippen LogP contribution in [-0.4, -0.2) is 24.7 Å². The minimum atomic E-state index is 0.859. The van der Waals surface area contributed by atoms with Crippen LogP contribution < -0.4 is 5.32 Å². The van der Waals surface area contributed by atoms with Crippen LogP contribution in [0, 0.1) is 0 Å². The zero-order valence-electron chi connectivity index (χ0n) is 8.66. The highest BCUT2D eigenvalue weighted by atomic mass is 32.1. The van der Waals surface area contributed by atoms with Crippen LogP contribution in [0.2, 0.25) is 0 Å². The van der Waals surface area contributed by atoms with Crippen LogP contribution in [0.25, 0.3) is 0 Å². The largest absolute Gasteiger partial charge is 0.381 e. The Morgan fingerprint density at radius 3 is 3.14 bits per heavy atom. The lowest BCUT2D eigenvalue weighted by molar-refractivity contribution is 0.132. The Morgan fingerprint density at radius 2 is 2.43 bits per heavy atom. The van der Waals surface area contributed by atoms with Gasteiger partial charge < -0.3 is 10.1 Å². The molecule has 0 fully saturated rings. The zero-order chi connectivity index (χ0) is 10.1. The van der Waals surface area contributed by atoms with Gasteiger partial charge in [-0.3, -0.25) is 0 Å². The summed E-state index contributed by atoms with van der Waals surface area (Å²) in [5.41, 5.74) is 2.99. The van der Waals surface area contributed by atoms with E-state index >= 15 is 0 Å². The first kappa shape index (κ1) is 11.6. The van der Waals surface area contributed by atoms with Gasteiger partial charge in [0.2, 0.25) is 0 Å². The summed E-state index contributed by atoms with van der Waals surface area (Å²) in [6, 6.07) is 0. The third-order valence-corrected chi connectivity index (χ3v) is 2.42. The van der Waals surface area contributed by atoms with Gasteiger partial charge in [0.15, 0.2) is 0 Å². The van der Waals surface area contributed by atoms with Crippen LogP contribution >= 0.6 is 11.3 Å². The van der Waals surface area contributed by atoms with Crippen molar-refractivity contribution in [2.75, 3.05) is 19.8 Å². The summed E-state index contributed by atoms with van der Waals surface area (Å²) in [4.78, 5) is 4.19. The van der Waals surface area contributed by atoms with Crippen LogP contribution in [0.4, 0.5) is 0 Å². The minimum absolute atomic E-state index is 0.859. The quantitative estimate of drug-likeness (QED) is 0.673. The van der Waals surface area contributed by atoms with E-state index in [1.165, 1.54) is 0 Å². The number of hydrogen-bond donors (Lipinski definition) is 1. The summed E-state index contributed by atoms with van der Waals surface area (Å²) in [5, 5.41) is 5.40. The number of ether oxygens (including phenoxy) is 1. The molecule has 0 bridgehead atoms. The number of aromatic nitrogens is 1. The third kappa shape index (κ3) is 5.32. The molecule has 1 heterocycles. The Kier molecular flexibility index (Phi) is 6.57. The van der Waals surface area contributed by atoms with Crippen LogP contribution in [0.5, 0.6) is 0 Å². The second-order valence-electron chi connectivity index (χ2n) is 3.12. The molecule has 1 rings (SSSR count). The number of hydrogen-bond acceptors (Lipinski definition) is 4. The molecule has 14 heavy (non-hydrogen) atoms. The fourth-order valence-corrected chi connectivity index (χ4v) is 1.65. The van der Waals surface area contributed by atoms with Gasteiger partial charge in [0.1, 0.15) is 0 Å². The number of nitrogens with one attached hydrogen (secondary N) is 1. The highest BCUT2D eigenvalue weighted by Crippen LogP contribution is 1.99. The third-order valence-electron chi connectivity index (χ3n) is 1.78. The Hall–Kier alpha value is -0.450. The molecule has 0 amide bonds. The van der Waals surface area contributed by atoms with Crippen molar-refractivity contribution in [2.24, 2.45) is 0 Å². The lowest BCUT2D eigenvalue weighted by Crippen LogP contribution is -2.16. The van der Waals surface area contributed by atoms with E-state index in [9.17, 15) is 0 Å². The van der Waals surface area contributed by atoms with Crippen molar-refractivity contribution < 1.29 is 4.74 Å². The molecule has 0 atom stereocenters. The van der Waals surface area contributed by atoms with Gasteiger partial charge in [0.05, 0.1) is 11.2 Å². The van der Waals surface area contributed by atoms with Crippen molar-refractivity contribution in [1.82, 2.24) is 10.3 Å². The maximum atomic E-state index is 5.37. The van der Waals surface area contributed by atoms with Gasteiger partial charge in [-0.15, -0.1) is 11.3 Å². The van der Waals surface area contributed by atoms with E-state index in [1.54, 1.807) is 11.3 Å². The Bertz CT molecular complexity index is 214. The van der Waals surface area contributed by atoms with Gasteiger partial charge >= 0.3 is 0 Å². The predicted molar refractivity (Wildman–Crippen MR) is 59.5 cm³/mol.